The van der Waals surface area contributed by atoms with Crippen LogP contribution in [0, 0.1) is 0 Å². The lowest BCUT2D eigenvalue weighted by atomic mass is 9.96. The Morgan fingerprint density at radius 1 is 1.00 bits per heavy atom. The van der Waals surface area contributed by atoms with Crippen molar-refractivity contribution in [1.82, 2.24) is 5.01 Å². The van der Waals surface area contributed by atoms with Crippen LogP contribution in [0.1, 0.15) is 49.2 Å². The van der Waals surface area contributed by atoms with E-state index in [0.717, 1.165) is 50.5 Å². The number of hydrazone groups is 1. The number of benzene rings is 3. The molecule has 6 heteroatoms. The molecular formula is C26H25BrN2O3. The molecule has 0 radical (unpaired) electrons. The van der Waals surface area contributed by atoms with Crippen molar-refractivity contribution in [3.63, 3.8) is 0 Å². The molecule has 164 valence electrons. The van der Waals surface area contributed by atoms with Gasteiger partial charge in [-0.1, -0.05) is 15.9 Å². The number of rotatable bonds is 5. The van der Waals surface area contributed by atoms with E-state index < -0.39 is 0 Å². The van der Waals surface area contributed by atoms with Gasteiger partial charge in [0.2, 0.25) is 6.23 Å². The van der Waals surface area contributed by atoms with Gasteiger partial charge in [0.25, 0.3) is 0 Å². The number of methoxy groups -OCH3 is 1. The van der Waals surface area contributed by atoms with Gasteiger partial charge >= 0.3 is 0 Å². The van der Waals surface area contributed by atoms with E-state index in [1.54, 1.807) is 7.11 Å². The fourth-order valence-corrected chi connectivity index (χ4v) is 4.60. The van der Waals surface area contributed by atoms with Gasteiger partial charge in [0, 0.05) is 22.0 Å². The van der Waals surface area contributed by atoms with E-state index in [-0.39, 0.29) is 18.4 Å². The molecule has 0 amide bonds. The summed E-state index contributed by atoms with van der Waals surface area (Å²) in [6.45, 7) is 4.06. The fourth-order valence-electron chi connectivity index (χ4n) is 4.22. The average Bonchev–Trinajstić information content (AvgIpc) is 3.25. The van der Waals surface area contributed by atoms with Crippen LogP contribution in [-0.2, 0) is 0 Å². The summed E-state index contributed by atoms with van der Waals surface area (Å²) in [7, 11) is 1.67. The molecule has 3 aromatic carbocycles. The maximum Gasteiger partial charge on any atom is 0.213 e. The van der Waals surface area contributed by atoms with Gasteiger partial charge in [-0.2, -0.15) is 5.10 Å². The Morgan fingerprint density at radius 3 is 2.41 bits per heavy atom. The van der Waals surface area contributed by atoms with Crippen molar-refractivity contribution in [3.8, 4) is 17.2 Å². The smallest absolute Gasteiger partial charge is 0.213 e. The molecule has 5 nitrogen and oxygen atoms in total. The molecule has 0 spiro atoms. The Bertz CT molecular complexity index is 1140. The average molecular weight is 493 g/mol. The topological polar surface area (TPSA) is 43.3 Å². The van der Waals surface area contributed by atoms with Crippen LogP contribution in [0.4, 0.5) is 0 Å². The van der Waals surface area contributed by atoms with E-state index >= 15 is 0 Å². The molecule has 5 rings (SSSR count). The van der Waals surface area contributed by atoms with Crippen LogP contribution < -0.4 is 14.2 Å². The molecule has 0 saturated heterocycles. The molecule has 0 bridgehead atoms. The van der Waals surface area contributed by atoms with Gasteiger partial charge in [0.1, 0.15) is 17.2 Å². The Hall–Kier alpha value is -2.99. The lowest BCUT2D eigenvalue weighted by Gasteiger charge is -2.38. The fraction of sp³-hybridized carbons (Fsp3) is 0.269. The highest BCUT2D eigenvalue weighted by Gasteiger charge is 2.41. The summed E-state index contributed by atoms with van der Waals surface area (Å²) in [6.07, 6.45) is 0.653. The molecule has 2 aliphatic rings. The van der Waals surface area contributed by atoms with Gasteiger partial charge in [-0.15, -0.1) is 0 Å². The van der Waals surface area contributed by atoms with Crippen molar-refractivity contribution in [2.45, 2.75) is 38.6 Å². The molecule has 0 fully saturated rings. The summed E-state index contributed by atoms with van der Waals surface area (Å²) in [5.41, 5.74) is 4.32. The molecular weight excluding hydrogens is 468 g/mol. The standard InChI is InChI=1S/C26H25BrN2O3/c1-16(2)31-21-11-4-17(5-12-21)23-15-24-22-14-19(27)8-13-25(22)32-26(29(24)28-23)18-6-9-20(30-3)10-7-18/h4-14,16,24,26H,15H2,1-3H3. The van der Waals surface area contributed by atoms with Crippen molar-refractivity contribution in [2.24, 2.45) is 5.10 Å². The van der Waals surface area contributed by atoms with Crippen LogP contribution in [-0.4, -0.2) is 23.9 Å². The summed E-state index contributed by atoms with van der Waals surface area (Å²) in [5, 5.41) is 7.13. The highest BCUT2D eigenvalue weighted by atomic mass is 79.9. The van der Waals surface area contributed by atoms with Gasteiger partial charge in [0.15, 0.2) is 0 Å². The zero-order chi connectivity index (χ0) is 22.2. The van der Waals surface area contributed by atoms with E-state index in [1.807, 2.05) is 62.4 Å². The normalized spacial score (nSPS) is 19.2. The van der Waals surface area contributed by atoms with Crippen molar-refractivity contribution in [2.75, 3.05) is 7.11 Å². The predicted octanol–water partition coefficient (Wildman–Crippen LogP) is 6.49. The third kappa shape index (κ3) is 3.95. The maximum absolute atomic E-state index is 6.44. The molecule has 0 N–H and O–H groups in total. The van der Waals surface area contributed by atoms with Gasteiger partial charge < -0.3 is 14.2 Å². The number of ether oxygens (including phenoxy) is 3. The minimum Gasteiger partial charge on any atom is -0.497 e. The summed E-state index contributed by atoms with van der Waals surface area (Å²) >= 11 is 3.61. The molecule has 0 aliphatic carbocycles. The Balaban J connectivity index is 1.51. The van der Waals surface area contributed by atoms with Crippen LogP contribution in [0.5, 0.6) is 17.2 Å². The summed E-state index contributed by atoms with van der Waals surface area (Å²) < 4.78 is 18.6. The summed E-state index contributed by atoms with van der Waals surface area (Å²) in [4.78, 5) is 0. The molecule has 3 aromatic rings. The van der Waals surface area contributed by atoms with Crippen molar-refractivity contribution >= 4 is 21.6 Å². The first kappa shape index (κ1) is 20.9. The zero-order valence-corrected chi connectivity index (χ0v) is 19.9. The highest BCUT2D eigenvalue weighted by molar-refractivity contribution is 9.10. The van der Waals surface area contributed by atoms with E-state index in [1.165, 1.54) is 0 Å². The van der Waals surface area contributed by atoms with E-state index in [9.17, 15) is 0 Å². The minimum absolute atomic E-state index is 0.102. The monoisotopic (exact) mass is 492 g/mol. The second-order valence-corrected chi connectivity index (χ2v) is 9.18. The Kier molecular flexibility index (Phi) is 5.55. The summed E-state index contributed by atoms with van der Waals surface area (Å²) in [5.74, 6) is 2.58. The first-order chi connectivity index (χ1) is 15.5. The zero-order valence-electron chi connectivity index (χ0n) is 18.3. The van der Waals surface area contributed by atoms with Crippen LogP contribution in [0.3, 0.4) is 0 Å². The molecule has 0 saturated carbocycles. The first-order valence-corrected chi connectivity index (χ1v) is 11.5. The van der Waals surface area contributed by atoms with Crippen LogP contribution in [0.2, 0.25) is 0 Å². The van der Waals surface area contributed by atoms with Gasteiger partial charge in [-0.3, -0.25) is 0 Å². The number of hydrogen-bond acceptors (Lipinski definition) is 5. The molecule has 0 aromatic heterocycles. The van der Waals surface area contributed by atoms with E-state index in [2.05, 4.69) is 39.1 Å². The van der Waals surface area contributed by atoms with E-state index in [4.69, 9.17) is 19.3 Å². The van der Waals surface area contributed by atoms with Crippen molar-refractivity contribution in [1.29, 1.82) is 0 Å². The SMILES string of the molecule is COc1ccc(C2Oc3ccc(Br)cc3C3CC(c4ccc(OC(C)C)cc4)=NN32)cc1. The first-order valence-electron chi connectivity index (χ1n) is 10.7. The maximum atomic E-state index is 6.44. The second-order valence-electron chi connectivity index (χ2n) is 8.26. The molecule has 2 unspecified atom stereocenters. The largest absolute Gasteiger partial charge is 0.497 e. The molecule has 32 heavy (non-hydrogen) atoms. The quantitative estimate of drug-likeness (QED) is 0.408. The number of nitrogens with zero attached hydrogens (tertiary/aromatic N) is 2. The van der Waals surface area contributed by atoms with Crippen molar-refractivity contribution < 1.29 is 14.2 Å². The van der Waals surface area contributed by atoms with Crippen LogP contribution in [0.15, 0.2) is 76.3 Å². The van der Waals surface area contributed by atoms with Crippen LogP contribution >= 0.6 is 15.9 Å². The molecule has 2 atom stereocenters. The number of hydrogen-bond donors (Lipinski definition) is 0. The second kappa shape index (κ2) is 8.51. The highest BCUT2D eigenvalue weighted by Crippen LogP contribution is 2.48. The van der Waals surface area contributed by atoms with Crippen LogP contribution in [0.25, 0.3) is 0 Å². The third-order valence-corrected chi connectivity index (χ3v) is 6.21. The Morgan fingerprint density at radius 2 is 1.72 bits per heavy atom. The van der Waals surface area contributed by atoms with Gasteiger partial charge in [-0.05, 0) is 86.1 Å². The van der Waals surface area contributed by atoms with Crippen molar-refractivity contribution in [3.05, 3.63) is 87.9 Å². The van der Waals surface area contributed by atoms with Gasteiger partial charge in [-0.25, -0.2) is 5.01 Å². The minimum atomic E-state index is -0.305. The lowest BCUT2D eigenvalue weighted by molar-refractivity contribution is -0.0191. The van der Waals surface area contributed by atoms with Gasteiger partial charge in [0.05, 0.1) is 25.0 Å². The number of halogens is 1. The lowest BCUT2D eigenvalue weighted by Crippen LogP contribution is -2.33. The predicted molar refractivity (Wildman–Crippen MR) is 128 cm³/mol. The molecule has 2 aliphatic heterocycles. The number of fused-ring (bicyclic) bond motifs is 3. The van der Waals surface area contributed by atoms with E-state index in [0.29, 0.717) is 0 Å². The third-order valence-electron chi connectivity index (χ3n) is 5.71. The Labute approximate surface area is 196 Å². The summed E-state index contributed by atoms with van der Waals surface area (Å²) in [6, 6.07) is 22.5. The molecule has 2 heterocycles.